The van der Waals surface area contributed by atoms with E-state index < -0.39 is 0 Å². The molecule has 0 radical (unpaired) electrons. The van der Waals surface area contributed by atoms with Crippen LogP contribution < -0.4 is 5.32 Å². The summed E-state index contributed by atoms with van der Waals surface area (Å²) in [5, 5.41) is 7.16. The first-order valence-electron chi connectivity index (χ1n) is 6.47. The van der Waals surface area contributed by atoms with E-state index in [2.05, 4.69) is 22.4 Å². The van der Waals surface area contributed by atoms with E-state index in [1.54, 1.807) is 6.92 Å². The van der Waals surface area contributed by atoms with E-state index in [9.17, 15) is 4.39 Å². The second-order valence-electron chi connectivity index (χ2n) is 4.45. The summed E-state index contributed by atoms with van der Waals surface area (Å²) in [6.45, 7) is 4.64. The van der Waals surface area contributed by atoms with Crippen LogP contribution >= 0.6 is 0 Å². The largest absolute Gasteiger partial charge is 0.339 e. The van der Waals surface area contributed by atoms with E-state index >= 15 is 0 Å². The van der Waals surface area contributed by atoms with Gasteiger partial charge in [-0.25, -0.2) is 4.39 Å². The van der Waals surface area contributed by atoms with Gasteiger partial charge in [0.1, 0.15) is 5.82 Å². The Morgan fingerprint density at radius 2 is 2.05 bits per heavy atom. The van der Waals surface area contributed by atoms with Gasteiger partial charge >= 0.3 is 0 Å². The van der Waals surface area contributed by atoms with Gasteiger partial charge in [-0.1, -0.05) is 24.2 Å². The summed E-state index contributed by atoms with van der Waals surface area (Å²) in [7, 11) is 0. The fourth-order valence-corrected chi connectivity index (χ4v) is 1.99. The maximum atomic E-state index is 12.9. The molecule has 4 nitrogen and oxygen atoms in total. The Labute approximate surface area is 112 Å². The highest BCUT2D eigenvalue weighted by atomic mass is 19.1. The lowest BCUT2D eigenvalue weighted by Crippen LogP contribution is -2.23. The summed E-state index contributed by atoms with van der Waals surface area (Å²) in [4.78, 5) is 4.15. The molecule has 1 unspecified atom stereocenters. The predicted molar refractivity (Wildman–Crippen MR) is 70.2 cm³/mol. The average Bonchev–Trinajstić information content (AvgIpc) is 2.82. The van der Waals surface area contributed by atoms with E-state index in [4.69, 9.17) is 4.52 Å². The summed E-state index contributed by atoms with van der Waals surface area (Å²) in [6.07, 6.45) is 1.63. The summed E-state index contributed by atoms with van der Waals surface area (Å²) < 4.78 is 17.9. The van der Waals surface area contributed by atoms with Crippen molar-refractivity contribution in [2.45, 2.75) is 32.7 Å². The molecule has 2 rings (SSSR count). The van der Waals surface area contributed by atoms with Crippen molar-refractivity contribution < 1.29 is 8.91 Å². The van der Waals surface area contributed by atoms with E-state index in [0.717, 1.165) is 18.5 Å². The molecule has 0 aliphatic heterocycles. The maximum Gasteiger partial charge on any atom is 0.227 e. The number of rotatable bonds is 6. The molecule has 0 amide bonds. The van der Waals surface area contributed by atoms with Crippen LogP contribution in [-0.4, -0.2) is 16.7 Å². The molecule has 0 aliphatic carbocycles. The van der Waals surface area contributed by atoms with Gasteiger partial charge in [0, 0.05) is 19.0 Å². The molecule has 1 heterocycles. The van der Waals surface area contributed by atoms with Crippen LogP contribution in [0.25, 0.3) is 0 Å². The number of hydrogen-bond donors (Lipinski definition) is 1. The molecule has 1 aromatic carbocycles. The predicted octanol–water partition coefficient (Wildman–Crippen LogP) is 2.80. The Morgan fingerprint density at radius 3 is 2.63 bits per heavy atom. The second kappa shape index (κ2) is 6.43. The monoisotopic (exact) mass is 263 g/mol. The SMILES string of the molecule is CCC(NCCc1nc(C)no1)c1ccc(F)cc1. The molecule has 19 heavy (non-hydrogen) atoms. The number of nitrogens with one attached hydrogen (secondary N) is 1. The molecule has 5 heteroatoms. The minimum atomic E-state index is -0.208. The molecule has 0 spiro atoms. The number of aromatic nitrogens is 2. The molecule has 102 valence electrons. The van der Waals surface area contributed by atoms with Gasteiger partial charge in [0.15, 0.2) is 5.82 Å². The molecule has 1 N–H and O–H groups in total. The number of benzene rings is 1. The van der Waals surface area contributed by atoms with Crippen LogP contribution in [0.3, 0.4) is 0 Å². The fraction of sp³-hybridized carbons (Fsp3) is 0.429. The standard InChI is InChI=1S/C14H18FN3O/c1-3-13(11-4-6-12(15)7-5-11)16-9-8-14-17-10(2)18-19-14/h4-7,13,16H,3,8-9H2,1-2H3. The molecule has 0 bridgehead atoms. The van der Waals surface area contributed by atoms with Crippen LogP contribution in [0.4, 0.5) is 4.39 Å². The fourth-order valence-electron chi connectivity index (χ4n) is 1.99. The molecule has 2 aromatic rings. The third kappa shape index (κ3) is 3.86. The smallest absolute Gasteiger partial charge is 0.227 e. The van der Waals surface area contributed by atoms with Crippen molar-refractivity contribution in [3.8, 4) is 0 Å². The van der Waals surface area contributed by atoms with Crippen LogP contribution in [0.2, 0.25) is 0 Å². The highest BCUT2D eigenvalue weighted by Crippen LogP contribution is 2.16. The lowest BCUT2D eigenvalue weighted by Gasteiger charge is -2.16. The lowest BCUT2D eigenvalue weighted by atomic mass is 10.0. The summed E-state index contributed by atoms with van der Waals surface area (Å²) >= 11 is 0. The van der Waals surface area contributed by atoms with Crippen molar-refractivity contribution in [3.05, 3.63) is 47.4 Å². The zero-order valence-corrected chi connectivity index (χ0v) is 11.2. The minimum Gasteiger partial charge on any atom is -0.339 e. The number of aryl methyl sites for hydroxylation is 1. The molecular formula is C14H18FN3O. The zero-order chi connectivity index (χ0) is 13.7. The van der Waals surface area contributed by atoms with Crippen LogP contribution in [0.1, 0.15) is 36.7 Å². The molecule has 0 saturated heterocycles. The van der Waals surface area contributed by atoms with Gasteiger partial charge in [-0.3, -0.25) is 0 Å². The van der Waals surface area contributed by atoms with Crippen molar-refractivity contribution in [1.82, 2.24) is 15.5 Å². The number of halogens is 1. The van der Waals surface area contributed by atoms with E-state index in [1.807, 2.05) is 12.1 Å². The molecular weight excluding hydrogens is 245 g/mol. The first-order chi connectivity index (χ1) is 9.19. The van der Waals surface area contributed by atoms with Crippen molar-refractivity contribution >= 4 is 0 Å². The topological polar surface area (TPSA) is 51.0 Å². The van der Waals surface area contributed by atoms with Gasteiger partial charge in [-0.15, -0.1) is 0 Å². The molecule has 1 aromatic heterocycles. The Bertz CT molecular complexity index is 510. The first kappa shape index (κ1) is 13.7. The highest BCUT2D eigenvalue weighted by molar-refractivity contribution is 5.19. The van der Waals surface area contributed by atoms with Crippen molar-refractivity contribution in [2.24, 2.45) is 0 Å². The highest BCUT2D eigenvalue weighted by Gasteiger charge is 2.09. The van der Waals surface area contributed by atoms with Gasteiger partial charge in [0.2, 0.25) is 5.89 Å². The normalized spacial score (nSPS) is 12.6. The second-order valence-corrected chi connectivity index (χ2v) is 4.45. The number of hydrogen-bond acceptors (Lipinski definition) is 4. The van der Waals surface area contributed by atoms with Gasteiger partial charge in [0.05, 0.1) is 0 Å². The van der Waals surface area contributed by atoms with Crippen LogP contribution in [0.15, 0.2) is 28.8 Å². The van der Waals surface area contributed by atoms with Crippen LogP contribution in [0.5, 0.6) is 0 Å². The van der Waals surface area contributed by atoms with Crippen LogP contribution in [0, 0.1) is 12.7 Å². The summed E-state index contributed by atoms with van der Waals surface area (Å²) in [5.41, 5.74) is 1.09. The van der Waals surface area contributed by atoms with Crippen molar-refractivity contribution in [2.75, 3.05) is 6.54 Å². The van der Waals surface area contributed by atoms with Gasteiger partial charge in [-0.05, 0) is 31.0 Å². The molecule has 0 fully saturated rings. The molecule has 1 atom stereocenters. The lowest BCUT2D eigenvalue weighted by molar-refractivity contribution is 0.368. The molecule has 0 saturated carbocycles. The molecule has 0 aliphatic rings. The quantitative estimate of drug-likeness (QED) is 0.870. The Balaban J connectivity index is 1.87. The Kier molecular flexibility index (Phi) is 4.63. The van der Waals surface area contributed by atoms with Crippen molar-refractivity contribution in [1.29, 1.82) is 0 Å². The zero-order valence-electron chi connectivity index (χ0n) is 11.2. The van der Waals surface area contributed by atoms with Gasteiger partial charge in [0.25, 0.3) is 0 Å². The van der Waals surface area contributed by atoms with Crippen LogP contribution in [-0.2, 0) is 6.42 Å². The van der Waals surface area contributed by atoms with E-state index in [0.29, 0.717) is 18.1 Å². The van der Waals surface area contributed by atoms with E-state index in [1.165, 1.54) is 12.1 Å². The maximum absolute atomic E-state index is 12.9. The summed E-state index contributed by atoms with van der Waals surface area (Å²) in [6, 6.07) is 6.81. The third-order valence-corrected chi connectivity index (χ3v) is 2.98. The minimum absolute atomic E-state index is 0.208. The summed E-state index contributed by atoms with van der Waals surface area (Å²) in [5.74, 6) is 1.08. The first-order valence-corrected chi connectivity index (χ1v) is 6.47. The van der Waals surface area contributed by atoms with Gasteiger partial charge < -0.3 is 9.84 Å². The number of nitrogens with zero attached hydrogens (tertiary/aromatic N) is 2. The average molecular weight is 263 g/mol. The van der Waals surface area contributed by atoms with Crippen molar-refractivity contribution in [3.63, 3.8) is 0 Å². The third-order valence-electron chi connectivity index (χ3n) is 2.98. The Hall–Kier alpha value is -1.75. The Morgan fingerprint density at radius 1 is 1.32 bits per heavy atom. The van der Waals surface area contributed by atoms with Gasteiger partial charge in [-0.2, -0.15) is 4.98 Å². The van der Waals surface area contributed by atoms with E-state index in [-0.39, 0.29) is 11.9 Å².